The molecule has 0 fully saturated rings. The summed E-state index contributed by atoms with van der Waals surface area (Å²) in [5.41, 5.74) is 2.47. The van der Waals surface area contributed by atoms with Crippen molar-refractivity contribution in [1.82, 2.24) is 4.57 Å². The monoisotopic (exact) mass is 293 g/mol. The third-order valence-electron chi connectivity index (χ3n) is 3.80. The summed E-state index contributed by atoms with van der Waals surface area (Å²) in [6.07, 6.45) is 0.730. The second-order valence-electron chi connectivity index (χ2n) is 5.06. The topological polar surface area (TPSA) is 48.3 Å². The lowest BCUT2D eigenvalue weighted by Crippen LogP contribution is -2.18. The summed E-state index contributed by atoms with van der Waals surface area (Å²) in [4.78, 5) is 23.8. The highest BCUT2D eigenvalue weighted by molar-refractivity contribution is 5.87. The smallest absolute Gasteiger partial charge is 0.258 e. The van der Waals surface area contributed by atoms with Crippen molar-refractivity contribution >= 4 is 17.2 Å². The number of hydrogen-bond acceptors (Lipinski definition) is 3. The Labute approximate surface area is 127 Å². The Morgan fingerprint density at radius 1 is 1.09 bits per heavy atom. The van der Waals surface area contributed by atoms with E-state index in [0.717, 1.165) is 17.2 Å². The molecule has 4 nitrogen and oxygen atoms in total. The van der Waals surface area contributed by atoms with Crippen LogP contribution in [-0.2, 0) is 7.05 Å². The van der Waals surface area contributed by atoms with Crippen molar-refractivity contribution in [3.8, 4) is 16.9 Å². The molecule has 110 valence electrons. The average molecular weight is 293 g/mol. The number of aldehydes is 1. The van der Waals surface area contributed by atoms with E-state index in [1.165, 1.54) is 7.11 Å². The molecule has 0 saturated heterocycles. The summed E-state index contributed by atoms with van der Waals surface area (Å²) in [6, 6.07) is 14.7. The molecule has 0 unspecified atom stereocenters. The third-order valence-corrected chi connectivity index (χ3v) is 3.80. The fraction of sp³-hybridized carbons (Fsp3) is 0.111. The highest BCUT2D eigenvalue weighted by Crippen LogP contribution is 2.25. The van der Waals surface area contributed by atoms with Crippen LogP contribution in [0.4, 0.5) is 0 Å². The second-order valence-corrected chi connectivity index (χ2v) is 5.06. The number of hydrogen-bond donors (Lipinski definition) is 0. The Balaban J connectivity index is 2.29. The lowest BCUT2D eigenvalue weighted by atomic mass is 10.0. The molecule has 0 saturated carbocycles. The lowest BCUT2D eigenvalue weighted by molar-refractivity contribution is 0.112. The van der Waals surface area contributed by atoms with Gasteiger partial charge >= 0.3 is 0 Å². The van der Waals surface area contributed by atoms with Crippen LogP contribution in [-0.4, -0.2) is 18.0 Å². The number of fused-ring (bicyclic) bond motifs is 1. The zero-order valence-corrected chi connectivity index (χ0v) is 12.4. The van der Waals surface area contributed by atoms with Gasteiger partial charge in [-0.05, 0) is 35.2 Å². The van der Waals surface area contributed by atoms with E-state index in [1.54, 1.807) is 29.8 Å². The summed E-state index contributed by atoms with van der Waals surface area (Å²) in [7, 11) is 3.26. The molecule has 0 aliphatic carbocycles. The van der Waals surface area contributed by atoms with Gasteiger partial charge in [0.25, 0.3) is 5.56 Å². The van der Waals surface area contributed by atoms with Gasteiger partial charge in [-0.3, -0.25) is 9.59 Å². The van der Waals surface area contributed by atoms with E-state index in [9.17, 15) is 9.59 Å². The van der Waals surface area contributed by atoms with Crippen LogP contribution < -0.4 is 10.3 Å². The molecule has 3 aromatic rings. The number of aryl methyl sites for hydroxylation is 1. The van der Waals surface area contributed by atoms with E-state index in [0.29, 0.717) is 22.4 Å². The first-order valence-corrected chi connectivity index (χ1v) is 6.88. The van der Waals surface area contributed by atoms with Crippen LogP contribution in [0.1, 0.15) is 10.4 Å². The van der Waals surface area contributed by atoms with Gasteiger partial charge in [-0.25, -0.2) is 0 Å². The predicted molar refractivity (Wildman–Crippen MR) is 86.6 cm³/mol. The molecule has 3 rings (SSSR count). The van der Waals surface area contributed by atoms with Gasteiger partial charge in [-0.1, -0.05) is 24.3 Å². The van der Waals surface area contributed by atoms with Crippen molar-refractivity contribution in [1.29, 1.82) is 0 Å². The molecule has 0 bridgehead atoms. The molecule has 0 atom stereocenters. The number of nitrogens with zero attached hydrogens (tertiary/aromatic N) is 1. The summed E-state index contributed by atoms with van der Waals surface area (Å²) < 4.78 is 6.76. The molecule has 4 heteroatoms. The maximum Gasteiger partial charge on any atom is 0.258 e. The quantitative estimate of drug-likeness (QED) is 0.697. The van der Waals surface area contributed by atoms with Gasteiger partial charge in [0, 0.05) is 12.6 Å². The Kier molecular flexibility index (Phi) is 3.51. The van der Waals surface area contributed by atoms with Gasteiger partial charge in [0.15, 0.2) is 6.29 Å². The van der Waals surface area contributed by atoms with E-state index in [4.69, 9.17) is 4.74 Å². The molecule has 0 radical (unpaired) electrons. The molecule has 0 aliphatic rings. The normalized spacial score (nSPS) is 10.6. The third kappa shape index (κ3) is 2.19. The summed E-state index contributed by atoms with van der Waals surface area (Å²) in [5.74, 6) is 0.497. The highest BCUT2D eigenvalue weighted by atomic mass is 16.5. The predicted octanol–water partition coefficient (Wildman–Crippen LogP) is 3.03. The number of aromatic nitrogens is 1. The van der Waals surface area contributed by atoms with Crippen molar-refractivity contribution < 1.29 is 9.53 Å². The maximum atomic E-state index is 12.6. The number of carbonyl (C=O) groups excluding carboxylic acids is 1. The number of methoxy groups -OCH3 is 1. The Hall–Kier alpha value is -2.88. The Morgan fingerprint density at radius 2 is 1.86 bits per heavy atom. The molecular formula is C18H15NO3. The number of benzene rings is 2. The molecule has 0 aliphatic heterocycles. The standard InChI is InChI=1S/C18H15NO3/c1-19-16-6-4-3-5-13(16)10-15(18(19)21)12-7-8-17(22-2)14(9-12)11-20/h3-11H,1-2H3. The molecule has 1 aromatic heterocycles. The molecule has 0 amide bonds. The molecule has 1 heterocycles. The van der Waals surface area contributed by atoms with Crippen LogP contribution in [0, 0.1) is 0 Å². The SMILES string of the molecule is COc1ccc(-c2cc3ccccc3n(C)c2=O)cc1C=O. The first kappa shape index (κ1) is 14.1. The first-order chi connectivity index (χ1) is 10.7. The molecule has 0 N–H and O–H groups in total. The van der Waals surface area contributed by atoms with Crippen LogP contribution in [0.2, 0.25) is 0 Å². The van der Waals surface area contributed by atoms with E-state index in [-0.39, 0.29) is 5.56 Å². The Morgan fingerprint density at radius 3 is 2.59 bits per heavy atom. The zero-order valence-electron chi connectivity index (χ0n) is 12.4. The minimum absolute atomic E-state index is 0.0966. The minimum Gasteiger partial charge on any atom is -0.496 e. The number of pyridine rings is 1. The van der Waals surface area contributed by atoms with Crippen LogP contribution in [0.5, 0.6) is 5.75 Å². The molecular weight excluding hydrogens is 278 g/mol. The van der Waals surface area contributed by atoms with Gasteiger partial charge in [0.05, 0.1) is 18.2 Å². The number of para-hydroxylation sites is 1. The Bertz CT molecular complexity index is 925. The molecule has 0 spiro atoms. The minimum atomic E-state index is -0.0966. The van der Waals surface area contributed by atoms with E-state index < -0.39 is 0 Å². The van der Waals surface area contributed by atoms with Gasteiger partial charge in [-0.2, -0.15) is 0 Å². The van der Waals surface area contributed by atoms with Crippen molar-refractivity contribution in [3.63, 3.8) is 0 Å². The number of ether oxygens (including phenoxy) is 1. The maximum absolute atomic E-state index is 12.6. The fourth-order valence-corrected chi connectivity index (χ4v) is 2.62. The average Bonchev–Trinajstić information content (AvgIpc) is 2.57. The van der Waals surface area contributed by atoms with E-state index >= 15 is 0 Å². The summed E-state index contributed by atoms with van der Waals surface area (Å²) >= 11 is 0. The number of carbonyl (C=O) groups is 1. The molecule has 2 aromatic carbocycles. The van der Waals surface area contributed by atoms with Crippen LogP contribution >= 0.6 is 0 Å². The largest absolute Gasteiger partial charge is 0.496 e. The summed E-state index contributed by atoms with van der Waals surface area (Å²) in [6.45, 7) is 0. The van der Waals surface area contributed by atoms with Crippen LogP contribution in [0.15, 0.2) is 53.3 Å². The first-order valence-electron chi connectivity index (χ1n) is 6.88. The lowest BCUT2D eigenvalue weighted by Gasteiger charge is -2.10. The summed E-state index contributed by atoms with van der Waals surface area (Å²) in [5, 5.41) is 0.975. The van der Waals surface area contributed by atoms with Crippen molar-refractivity contribution in [2.75, 3.05) is 7.11 Å². The van der Waals surface area contributed by atoms with E-state index in [2.05, 4.69) is 0 Å². The zero-order chi connectivity index (χ0) is 15.7. The van der Waals surface area contributed by atoms with Crippen molar-refractivity contribution in [2.24, 2.45) is 7.05 Å². The van der Waals surface area contributed by atoms with Crippen molar-refractivity contribution in [3.05, 3.63) is 64.4 Å². The van der Waals surface area contributed by atoms with E-state index in [1.807, 2.05) is 30.3 Å². The molecule has 22 heavy (non-hydrogen) atoms. The highest BCUT2D eigenvalue weighted by Gasteiger charge is 2.11. The fourth-order valence-electron chi connectivity index (χ4n) is 2.62. The van der Waals surface area contributed by atoms with Gasteiger partial charge < -0.3 is 9.30 Å². The van der Waals surface area contributed by atoms with Gasteiger partial charge in [-0.15, -0.1) is 0 Å². The van der Waals surface area contributed by atoms with Crippen LogP contribution in [0.3, 0.4) is 0 Å². The van der Waals surface area contributed by atoms with Gasteiger partial charge in [0.2, 0.25) is 0 Å². The second kappa shape index (κ2) is 5.48. The van der Waals surface area contributed by atoms with Crippen molar-refractivity contribution in [2.45, 2.75) is 0 Å². The van der Waals surface area contributed by atoms with Crippen LogP contribution in [0.25, 0.3) is 22.0 Å². The van der Waals surface area contributed by atoms with Gasteiger partial charge in [0.1, 0.15) is 5.75 Å². The number of rotatable bonds is 3.